The van der Waals surface area contributed by atoms with Crippen LogP contribution in [-0.4, -0.2) is 34.8 Å². The first-order chi connectivity index (χ1) is 5.39. The summed E-state index contributed by atoms with van der Waals surface area (Å²) in [4.78, 5) is 8.66. The second-order valence-corrected chi connectivity index (χ2v) is 8.81. The molecule has 0 saturated heterocycles. The van der Waals surface area contributed by atoms with Gasteiger partial charge in [-0.2, -0.15) is 0 Å². The van der Waals surface area contributed by atoms with Gasteiger partial charge >= 0.3 is 25.4 Å². The van der Waals surface area contributed by atoms with Gasteiger partial charge in [-0.1, -0.05) is 18.2 Å². The van der Waals surface area contributed by atoms with Gasteiger partial charge in [0.25, 0.3) is 0 Å². The second kappa shape index (κ2) is 7.99. The van der Waals surface area contributed by atoms with Gasteiger partial charge in [-0.3, -0.25) is 0 Å². The van der Waals surface area contributed by atoms with Crippen LogP contribution < -0.4 is 3.69 Å². The lowest BCUT2D eigenvalue weighted by Gasteiger charge is -2.00. The van der Waals surface area contributed by atoms with E-state index in [2.05, 4.69) is 12.1 Å². The van der Waals surface area contributed by atoms with Crippen molar-refractivity contribution in [2.45, 2.75) is 19.6 Å². The van der Waals surface area contributed by atoms with Crippen LogP contribution in [-0.2, 0) is 0 Å². The van der Waals surface area contributed by atoms with E-state index < -0.39 is 8.32 Å². The fourth-order valence-corrected chi connectivity index (χ4v) is 0.750. The minimum Gasteiger partial charge on any atom is -0.433 e. The van der Waals surface area contributed by atoms with Gasteiger partial charge in [-0.25, -0.2) is 0 Å². The second-order valence-electron chi connectivity index (χ2n) is 3.66. The third-order valence-corrected chi connectivity index (χ3v) is 1.31. The quantitative estimate of drug-likeness (QED) is 0.715. The lowest BCUT2D eigenvalue weighted by atomic mass is 10.4. The molecule has 4 heteroatoms. The van der Waals surface area contributed by atoms with E-state index in [1.807, 2.05) is 59.5 Å². The van der Waals surface area contributed by atoms with E-state index in [9.17, 15) is 0 Å². The fraction of sp³-hybridized carbons (Fsp3) is 0.333. The highest BCUT2D eigenvalue weighted by atomic mass is 79.9. The maximum Gasteiger partial charge on any atom is 1.47 e. The first-order valence-electron chi connectivity index (χ1n) is 3.99. The molecule has 0 aliphatic carbocycles. The Hall–Kier alpha value is 0.643. The molecule has 0 atom stereocenters. The van der Waals surface area contributed by atoms with Crippen LogP contribution in [0.15, 0.2) is 30.3 Å². The van der Waals surface area contributed by atoms with E-state index >= 15 is 0 Å². The largest absolute Gasteiger partial charge is 1.47 e. The Bertz CT molecular complexity index is 205. The third-order valence-electron chi connectivity index (χ3n) is 0.843. The summed E-state index contributed by atoms with van der Waals surface area (Å²) in [5.41, 5.74) is 0. The van der Waals surface area contributed by atoms with Gasteiger partial charge in [0.1, 0.15) is 0 Å². The molecule has 0 amide bonds. The molecule has 0 saturated carbocycles. The summed E-state index contributed by atoms with van der Waals surface area (Å²) < 4.78 is 1.35. The molecule has 69 valence electrons. The summed E-state index contributed by atoms with van der Waals surface area (Å²) in [5.74, 6) is 0. The van der Waals surface area contributed by atoms with Crippen LogP contribution in [0.5, 0.6) is 0 Å². The van der Waals surface area contributed by atoms with Crippen molar-refractivity contribution in [1.29, 1.82) is 0 Å². The molecule has 0 aromatic heterocycles. The smallest absolute Gasteiger partial charge is 0.433 e. The molecule has 1 rings (SSSR count). The van der Waals surface area contributed by atoms with Crippen molar-refractivity contribution in [2.75, 3.05) is 0 Å². The maximum atomic E-state index is 8.66. The molecule has 0 aliphatic rings. The van der Waals surface area contributed by atoms with Gasteiger partial charge in [-0.05, 0) is 19.6 Å². The lowest BCUT2D eigenvalue weighted by molar-refractivity contribution is 0.561. The molecule has 0 fully saturated rings. The zero-order valence-electron chi connectivity index (χ0n) is 8.45. The van der Waals surface area contributed by atoms with Gasteiger partial charge in [0.15, 0.2) is 8.32 Å². The molecule has 0 heterocycles. The van der Waals surface area contributed by atoms with Crippen LogP contribution in [0.3, 0.4) is 0 Å². The predicted octanol–water partition coefficient (Wildman–Crippen LogP) is 1.87. The van der Waals surface area contributed by atoms with Crippen molar-refractivity contribution in [3.8, 4) is 0 Å². The Labute approximate surface area is 105 Å². The Balaban J connectivity index is 0. The molecule has 1 aromatic rings. The van der Waals surface area contributed by atoms with Gasteiger partial charge in [0.2, 0.25) is 0 Å². The highest BCUT2D eigenvalue weighted by Gasteiger charge is 2.28. The highest BCUT2D eigenvalue weighted by molar-refractivity contribution is 8.93. The molecular formula is C9H16BrMgOSi+2. The minimum absolute atomic E-state index is 0. The summed E-state index contributed by atoms with van der Waals surface area (Å²) in [6.07, 6.45) is 0. The standard InChI is InChI=1S/C6H5.C3H10OSi.BrH.Mg/c1-2-4-6-5-3-1;1-5(2,3)4;;/h1-5H;4H,1-3H3;1H;/q;;;+2. The molecule has 0 spiro atoms. The number of hydrogen-bond donors (Lipinski definition) is 1. The zero-order chi connectivity index (χ0) is 9.61. The van der Waals surface area contributed by atoms with Crippen LogP contribution >= 0.6 is 17.0 Å². The van der Waals surface area contributed by atoms with Crippen molar-refractivity contribution in [1.82, 2.24) is 0 Å². The highest BCUT2D eigenvalue weighted by Crippen LogP contribution is 1.88. The molecule has 0 bridgehead atoms. The van der Waals surface area contributed by atoms with Crippen LogP contribution in [0.1, 0.15) is 0 Å². The van der Waals surface area contributed by atoms with E-state index in [0.717, 1.165) is 0 Å². The van der Waals surface area contributed by atoms with E-state index in [1.165, 1.54) is 3.69 Å². The molecule has 1 nitrogen and oxygen atoms in total. The lowest BCUT2D eigenvalue weighted by Crippen LogP contribution is -2.17. The minimum atomic E-state index is -1.61. The average molecular weight is 273 g/mol. The van der Waals surface area contributed by atoms with Gasteiger partial charge < -0.3 is 4.80 Å². The van der Waals surface area contributed by atoms with E-state index in [0.29, 0.717) is 0 Å². The average Bonchev–Trinajstić information content (AvgIpc) is 1.85. The Morgan fingerprint density at radius 1 is 1.08 bits per heavy atom. The summed E-state index contributed by atoms with van der Waals surface area (Å²) in [5, 5.41) is 0. The summed E-state index contributed by atoms with van der Waals surface area (Å²) in [6, 6.07) is 10.3. The normalized spacial score (nSPS) is 9.31. The number of rotatable bonds is 0. The first kappa shape index (κ1) is 16.1. The number of hydrogen-bond acceptors (Lipinski definition) is 1. The number of benzene rings is 1. The Kier molecular flexibility index (Phi) is 9.89. The summed E-state index contributed by atoms with van der Waals surface area (Å²) in [7, 11) is -1.61. The number of halogens is 1. The molecule has 0 unspecified atom stereocenters. The van der Waals surface area contributed by atoms with Gasteiger partial charge in [-0.15, -0.1) is 17.0 Å². The monoisotopic (exact) mass is 271 g/mol. The summed E-state index contributed by atoms with van der Waals surface area (Å²) >= 11 is 1.90. The fourth-order valence-electron chi connectivity index (χ4n) is 0.478. The van der Waals surface area contributed by atoms with E-state index in [-0.39, 0.29) is 17.0 Å². The molecule has 0 aliphatic heterocycles. The molecule has 1 aromatic carbocycles. The Morgan fingerprint density at radius 2 is 1.38 bits per heavy atom. The maximum absolute atomic E-state index is 8.66. The SMILES string of the molecule is Br.C[Si](C)(C)O.[Mg+2][c]1ccccc1. The Morgan fingerprint density at radius 3 is 1.54 bits per heavy atom. The van der Waals surface area contributed by atoms with Gasteiger partial charge in [0.05, 0.1) is 0 Å². The van der Waals surface area contributed by atoms with Crippen LogP contribution in [0.4, 0.5) is 0 Å². The van der Waals surface area contributed by atoms with E-state index in [1.54, 1.807) is 0 Å². The third kappa shape index (κ3) is 19.2. The van der Waals surface area contributed by atoms with Crippen molar-refractivity contribution >= 4 is 50.7 Å². The first-order valence-corrected chi connectivity index (χ1v) is 8.14. The predicted molar refractivity (Wildman–Crippen MR) is 67.7 cm³/mol. The van der Waals surface area contributed by atoms with Gasteiger partial charge in [0, 0.05) is 12.1 Å². The molecule has 7 radical (unpaired) electrons. The van der Waals surface area contributed by atoms with Crippen molar-refractivity contribution in [2.24, 2.45) is 0 Å². The van der Waals surface area contributed by atoms with Crippen molar-refractivity contribution in [3.63, 3.8) is 0 Å². The van der Waals surface area contributed by atoms with Crippen LogP contribution in [0.25, 0.3) is 0 Å². The topological polar surface area (TPSA) is 20.2 Å². The van der Waals surface area contributed by atoms with Crippen LogP contribution in [0, 0.1) is 0 Å². The van der Waals surface area contributed by atoms with Crippen molar-refractivity contribution in [3.05, 3.63) is 30.3 Å². The molecular weight excluding hydrogens is 256 g/mol. The van der Waals surface area contributed by atoms with Crippen molar-refractivity contribution < 1.29 is 4.80 Å². The molecule has 13 heavy (non-hydrogen) atoms. The molecule has 1 N–H and O–H groups in total. The van der Waals surface area contributed by atoms with E-state index in [4.69, 9.17) is 4.80 Å². The van der Waals surface area contributed by atoms with Crippen LogP contribution in [0.2, 0.25) is 19.6 Å². The zero-order valence-corrected chi connectivity index (χ0v) is 12.6. The summed E-state index contributed by atoms with van der Waals surface area (Å²) in [6.45, 7) is 5.65.